The lowest BCUT2D eigenvalue weighted by molar-refractivity contribution is 0.0376. The highest BCUT2D eigenvalue weighted by Crippen LogP contribution is 2.32. The Kier molecular flexibility index (Phi) is 8.02. The third-order valence-electron chi connectivity index (χ3n) is 5.90. The van der Waals surface area contributed by atoms with Gasteiger partial charge in [0.2, 0.25) is 10.0 Å². The van der Waals surface area contributed by atoms with Crippen molar-refractivity contribution in [3.05, 3.63) is 48.0 Å². The zero-order chi connectivity index (χ0) is 25.0. The number of methoxy groups -OCH3 is 1. The number of rotatable bonds is 9. The van der Waals surface area contributed by atoms with Gasteiger partial charge in [-0.15, -0.1) is 0 Å². The summed E-state index contributed by atoms with van der Waals surface area (Å²) in [7, 11) is 0.993. The van der Waals surface area contributed by atoms with E-state index in [-0.39, 0.29) is 10.8 Å². The molecule has 2 heterocycles. The van der Waals surface area contributed by atoms with Crippen LogP contribution in [-0.4, -0.2) is 89.1 Å². The van der Waals surface area contributed by atoms with E-state index in [0.717, 1.165) is 53.8 Å². The standard InChI is InChI=1S/C24H30N4O5S2/c1-26(2)35(30,31)20-8-5-18(6-9-20)23(29)28(12-4-11-27-13-15-33-16-14-27)24-25-21-17-19(32-3)7-10-22(21)34-24/h5-10,17H,4,11-16H2,1-3H3. The summed E-state index contributed by atoms with van der Waals surface area (Å²) in [4.78, 5) is 22.5. The smallest absolute Gasteiger partial charge is 0.260 e. The molecule has 0 N–H and O–H groups in total. The first-order valence-corrected chi connectivity index (χ1v) is 13.6. The van der Waals surface area contributed by atoms with Gasteiger partial charge in [0.1, 0.15) is 5.75 Å². The van der Waals surface area contributed by atoms with Gasteiger partial charge in [-0.3, -0.25) is 14.6 Å². The van der Waals surface area contributed by atoms with E-state index in [1.165, 1.54) is 37.6 Å². The van der Waals surface area contributed by atoms with Crippen molar-refractivity contribution in [2.24, 2.45) is 0 Å². The van der Waals surface area contributed by atoms with Gasteiger partial charge in [-0.25, -0.2) is 17.7 Å². The molecule has 35 heavy (non-hydrogen) atoms. The molecule has 0 unspecified atom stereocenters. The Hall–Kier alpha value is -2.57. The summed E-state index contributed by atoms with van der Waals surface area (Å²) < 4.78 is 37.7. The number of hydrogen-bond acceptors (Lipinski definition) is 8. The first-order valence-electron chi connectivity index (χ1n) is 11.4. The minimum absolute atomic E-state index is 0.144. The number of hydrogen-bond donors (Lipinski definition) is 0. The van der Waals surface area contributed by atoms with Crippen molar-refractivity contribution in [3.63, 3.8) is 0 Å². The number of carbonyl (C=O) groups is 1. The second-order valence-electron chi connectivity index (χ2n) is 8.41. The average molecular weight is 519 g/mol. The molecule has 1 aliphatic rings. The first-order chi connectivity index (χ1) is 16.8. The molecule has 2 aromatic carbocycles. The summed E-state index contributed by atoms with van der Waals surface area (Å²) in [5.74, 6) is 0.490. The summed E-state index contributed by atoms with van der Waals surface area (Å²) in [5, 5.41) is 0.602. The lowest BCUT2D eigenvalue weighted by atomic mass is 10.2. The Morgan fingerprint density at radius 1 is 1.14 bits per heavy atom. The van der Waals surface area contributed by atoms with Gasteiger partial charge in [0, 0.05) is 51.9 Å². The van der Waals surface area contributed by atoms with Crippen molar-refractivity contribution in [2.75, 3.05) is 65.5 Å². The quantitative estimate of drug-likeness (QED) is 0.430. The highest BCUT2D eigenvalue weighted by molar-refractivity contribution is 7.89. The Bertz CT molecular complexity index is 1270. The summed E-state index contributed by atoms with van der Waals surface area (Å²) in [6.07, 6.45) is 0.776. The molecule has 1 aliphatic heterocycles. The maximum Gasteiger partial charge on any atom is 0.260 e. The minimum atomic E-state index is -3.57. The molecule has 1 fully saturated rings. The molecule has 0 saturated carbocycles. The van der Waals surface area contributed by atoms with Crippen LogP contribution in [-0.2, 0) is 14.8 Å². The summed E-state index contributed by atoms with van der Waals surface area (Å²) in [6.45, 7) is 4.57. The van der Waals surface area contributed by atoms with E-state index in [1.54, 1.807) is 24.1 Å². The van der Waals surface area contributed by atoms with Gasteiger partial charge in [-0.2, -0.15) is 0 Å². The number of benzene rings is 2. The molecular weight excluding hydrogens is 488 g/mol. The SMILES string of the molecule is COc1ccc2sc(N(CCCN3CCOCC3)C(=O)c3ccc(S(=O)(=O)N(C)C)cc3)nc2c1. The van der Waals surface area contributed by atoms with Crippen molar-refractivity contribution in [2.45, 2.75) is 11.3 Å². The normalized spacial score (nSPS) is 15.0. The predicted molar refractivity (Wildman–Crippen MR) is 137 cm³/mol. The van der Waals surface area contributed by atoms with Crippen LogP contribution in [0, 0.1) is 0 Å². The van der Waals surface area contributed by atoms with Crippen molar-refractivity contribution >= 4 is 42.6 Å². The highest BCUT2D eigenvalue weighted by atomic mass is 32.2. The number of amides is 1. The molecule has 9 nitrogen and oxygen atoms in total. The number of ether oxygens (including phenoxy) is 2. The monoisotopic (exact) mass is 518 g/mol. The van der Waals surface area contributed by atoms with Gasteiger partial charge in [0.05, 0.1) is 35.4 Å². The van der Waals surface area contributed by atoms with Crippen LogP contribution in [0.25, 0.3) is 10.2 Å². The molecule has 0 atom stereocenters. The predicted octanol–water partition coefficient (Wildman–Crippen LogP) is 2.92. The van der Waals surface area contributed by atoms with Crippen molar-refractivity contribution < 1.29 is 22.7 Å². The third-order valence-corrected chi connectivity index (χ3v) is 8.79. The topological polar surface area (TPSA) is 92.3 Å². The van der Waals surface area contributed by atoms with Crippen LogP contribution in [0.2, 0.25) is 0 Å². The average Bonchev–Trinajstić information content (AvgIpc) is 3.29. The van der Waals surface area contributed by atoms with Crippen molar-refractivity contribution in [1.29, 1.82) is 0 Å². The Labute approximate surface area is 209 Å². The van der Waals surface area contributed by atoms with Crippen molar-refractivity contribution in [1.82, 2.24) is 14.2 Å². The second-order valence-corrected chi connectivity index (χ2v) is 11.6. The first kappa shape index (κ1) is 25.5. The van der Waals surface area contributed by atoms with Gasteiger partial charge in [-0.1, -0.05) is 11.3 Å². The number of thiazole rings is 1. The van der Waals surface area contributed by atoms with E-state index in [1.807, 2.05) is 18.2 Å². The molecule has 1 saturated heterocycles. The van der Waals surface area contributed by atoms with Crippen molar-refractivity contribution in [3.8, 4) is 5.75 Å². The van der Waals surface area contributed by atoms with Gasteiger partial charge < -0.3 is 9.47 Å². The molecule has 4 rings (SSSR count). The fourth-order valence-electron chi connectivity index (χ4n) is 3.83. The zero-order valence-electron chi connectivity index (χ0n) is 20.1. The summed E-state index contributed by atoms with van der Waals surface area (Å²) >= 11 is 1.45. The van der Waals surface area contributed by atoms with E-state index in [4.69, 9.17) is 14.5 Å². The Balaban J connectivity index is 1.59. The summed E-state index contributed by atoms with van der Waals surface area (Å²) in [6, 6.07) is 11.7. The lowest BCUT2D eigenvalue weighted by Crippen LogP contribution is -2.39. The summed E-state index contributed by atoms with van der Waals surface area (Å²) in [5.41, 5.74) is 1.17. The van der Waals surface area contributed by atoms with E-state index in [9.17, 15) is 13.2 Å². The highest BCUT2D eigenvalue weighted by Gasteiger charge is 2.23. The van der Waals surface area contributed by atoms with Gasteiger partial charge >= 0.3 is 0 Å². The van der Waals surface area contributed by atoms with Crippen LogP contribution < -0.4 is 9.64 Å². The Morgan fingerprint density at radius 2 is 1.86 bits per heavy atom. The molecule has 0 spiro atoms. The van der Waals surface area contributed by atoms with E-state index >= 15 is 0 Å². The van der Waals surface area contributed by atoms with Gasteiger partial charge in [0.25, 0.3) is 5.91 Å². The van der Waals surface area contributed by atoms with Crippen LogP contribution >= 0.6 is 11.3 Å². The molecule has 188 valence electrons. The van der Waals surface area contributed by atoms with Crippen LogP contribution in [0.3, 0.4) is 0 Å². The van der Waals surface area contributed by atoms with E-state index in [0.29, 0.717) is 23.0 Å². The molecule has 1 aromatic heterocycles. The Morgan fingerprint density at radius 3 is 2.51 bits per heavy atom. The van der Waals surface area contributed by atoms with Gasteiger partial charge in [-0.05, 0) is 42.8 Å². The van der Waals surface area contributed by atoms with E-state index in [2.05, 4.69) is 4.90 Å². The maximum absolute atomic E-state index is 13.6. The number of aromatic nitrogens is 1. The number of anilines is 1. The van der Waals surface area contributed by atoms with Crippen LogP contribution in [0.4, 0.5) is 5.13 Å². The molecule has 1 amide bonds. The third kappa shape index (κ3) is 5.81. The minimum Gasteiger partial charge on any atom is -0.497 e. The zero-order valence-corrected chi connectivity index (χ0v) is 21.8. The van der Waals surface area contributed by atoms with Crippen LogP contribution in [0.1, 0.15) is 16.8 Å². The van der Waals surface area contributed by atoms with Gasteiger partial charge in [0.15, 0.2) is 5.13 Å². The molecule has 0 bridgehead atoms. The van der Waals surface area contributed by atoms with Crippen LogP contribution in [0.5, 0.6) is 5.75 Å². The number of carbonyl (C=O) groups excluding carboxylic acids is 1. The number of morpholine rings is 1. The molecular formula is C24H30N4O5S2. The number of sulfonamides is 1. The largest absolute Gasteiger partial charge is 0.497 e. The molecule has 11 heteroatoms. The fraction of sp³-hybridized carbons (Fsp3) is 0.417. The number of nitrogens with zero attached hydrogens (tertiary/aromatic N) is 4. The maximum atomic E-state index is 13.6. The molecule has 0 radical (unpaired) electrons. The molecule has 3 aromatic rings. The fourth-order valence-corrected chi connectivity index (χ4v) is 5.71. The lowest BCUT2D eigenvalue weighted by Gasteiger charge is -2.27. The number of fused-ring (bicyclic) bond motifs is 1. The second kappa shape index (κ2) is 11.0. The molecule has 0 aliphatic carbocycles. The van der Waals surface area contributed by atoms with E-state index < -0.39 is 10.0 Å². The van der Waals surface area contributed by atoms with Crippen LogP contribution in [0.15, 0.2) is 47.4 Å².